The molecule has 0 fully saturated rings. The number of nitrogens with zero attached hydrogens (tertiary/aromatic N) is 1. The van der Waals surface area contributed by atoms with Crippen LogP contribution in [0.2, 0.25) is 0 Å². The van der Waals surface area contributed by atoms with E-state index in [1.165, 1.54) is 81.3 Å². The second kappa shape index (κ2) is 14.8. The average molecular weight is 716 g/mol. The van der Waals surface area contributed by atoms with Crippen molar-refractivity contribution in [3.05, 3.63) is 210 Å². The van der Waals surface area contributed by atoms with Gasteiger partial charge >= 0.3 is 0 Å². The summed E-state index contributed by atoms with van der Waals surface area (Å²) in [6.07, 6.45) is 0. The molecule has 0 spiro atoms. The lowest BCUT2D eigenvalue weighted by Crippen LogP contribution is -2.17. The van der Waals surface area contributed by atoms with Gasteiger partial charge in [0.2, 0.25) is 0 Å². The van der Waals surface area contributed by atoms with Gasteiger partial charge in [0, 0.05) is 42.3 Å². The zero-order chi connectivity index (χ0) is 37.2. The summed E-state index contributed by atoms with van der Waals surface area (Å²) in [7, 11) is 0. The largest absolute Gasteiger partial charge is 0.310 e. The number of benzene rings is 8. The fraction of sp³-hybridized carbons (Fsp3) is 0.115. The minimum absolute atomic E-state index is 0.0919. The molecule has 1 nitrogen and oxygen atoms in total. The van der Waals surface area contributed by atoms with Crippen LogP contribution in [-0.4, -0.2) is 0 Å². The van der Waals surface area contributed by atoms with Crippen LogP contribution in [0.5, 0.6) is 0 Å². The number of fused-ring (bicyclic) bond motifs is 8. The number of anilines is 3. The molecule has 0 unspecified atom stereocenters. The van der Waals surface area contributed by atoms with Gasteiger partial charge in [-0.3, -0.25) is 0 Å². The molecule has 264 valence electrons. The van der Waals surface area contributed by atoms with Crippen LogP contribution in [0.4, 0.5) is 17.1 Å². The van der Waals surface area contributed by atoms with Crippen molar-refractivity contribution < 1.29 is 0 Å². The second-order valence-electron chi connectivity index (χ2n) is 14.8. The number of hydrogen-bond acceptors (Lipinski definition) is 2. The maximum atomic E-state index is 2.47. The Bertz CT molecular complexity index is 2670. The minimum Gasteiger partial charge on any atom is -0.310 e. The standard InChI is InChI=1S/C38H29NS.2C7H8/c1-24-17-19-30-32(21-24)38(2,3)33-23-34(27-13-7-8-15-29(27)37(30)33)39(25-11-5-4-6-12-25)26-18-20-36-31(22-26)28-14-9-10-16-35(28)40-36;2*1-7-5-3-2-4-6-7/h4-23H,1-3H3;2*2-6H,1H3. The monoisotopic (exact) mass is 715 g/mol. The molecule has 1 heterocycles. The second-order valence-corrected chi connectivity index (χ2v) is 15.9. The smallest absolute Gasteiger partial charge is 0.0543 e. The zero-order valence-electron chi connectivity index (χ0n) is 31.7. The normalized spacial score (nSPS) is 12.3. The quantitative estimate of drug-likeness (QED) is 0.176. The highest BCUT2D eigenvalue weighted by molar-refractivity contribution is 7.25. The molecule has 0 radical (unpaired) electrons. The molecule has 0 N–H and O–H groups in total. The van der Waals surface area contributed by atoms with E-state index >= 15 is 0 Å². The summed E-state index contributed by atoms with van der Waals surface area (Å²) in [4.78, 5) is 2.46. The van der Waals surface area contributed by atoms with Crippen LogP contribution in [0, 0.1) is 20.8 Å². The van der Waals surface area contributed by atoms with E-state index < -0.39 is 0 Å². The number of rotatable bonds is 3. The molecule has 0 saturated carbocycles. The molecular weight excluding hydrogens is 671 g/mol. The van der Waals surface area contributed by atoms with E-state index in [9.17, 15) is 0 Å². The lowest BCUT2D eigenvalue weighted by atomic mass is 9.81. The van der Waals surface area contributed by atoms with Crippen molar-refractivity contribution in [1.82, 2.24) is 0 Å². The van der Waals surface area contributed by atoms with Gasteiger partial charge in [-0.15, -0.1) is 11.3 Å². The molecule has 0 atom stereocenters. The van der Waals surface area contributed by atoms with Crippen molar-refractivity contribution in [2.75, 3.05) is 4.90 Å². The van der Waals surface area contributed by atoms with E-state index in [-0.39, 0.29) is 5.41 Å². The van der Waals surface area contributed by atoms with Crippen LogP contribution >= 0.6 is 11.3 Å². The summed E-state index contributed by atoms with van der Waals surface area (Å²) in [5.41, 5.74) is 13.0. The summed E-state index contributed by atoms with van der Waals surface area (Å²) in [5.74, 6) is 0. The first kappa shape index (κ1) is 35.1. The van der Waals surface area contributed by atoms with Crippen molar-refractivity contribution >= 4 is 59.3 Å². The fourth-order valence-corrected chi connectivity index (χ4v) is 8.88. The number of para-hydroxylation sites is 1. The molecule has 1 aromatic heterocycles. The van der Waals surface area contributed by atoms with Gasteiger partial charge in [0.1, 0.15) is 0 Å². The maximum Gasteiger partial charge on any atom is 0.0543 e. The van der Waals surface area contributed by atoms with Gasteiger partial charge < -0.3 is 4.90 Å². The molecule has 9 aromatic rings. The molecule has 1 aliphatic carbocycles. The van der Waals surface area contributed by atoms with Gasteiger partial charge in [-0.1, -0.05) is 170 Å². The number of aryl methyl sites for hydroxylation is 3. The van der Waals surface area contributed by atoms with E-state index in [0.717, 1.165) is 5.69 Å². The Kier molecular flexibility index (Phi) is 9.63. The van der Waals surface area contributed by atoms with Crippen LogP contribution < -0.4 is 4.90 Å². The Balaban J connectivity index is 0.000000248. The van der Waals surface area contributed by atoms with Crippen molar-refractivity contribution in [1.29, 1.82) is 0 Å². The zero-order valence-corrected chi connectivity index (χ0v) is 32.5. The van der Waals surface area contributed by atoms with Crippen LogP contribution in [0.25, 0.3) is 42.1 Å². The van der Waals surface area contributed by atoms with Crippen LogP contribution in [-0.2, 0) is 5.41 Å². The van der Waals surface area contributed by atoms with Gasteiger partial charge in [0.25, 0.3) is 0 Å². The number of thiophene rings is 1. The van der Waals surface area contributed by atoms with Gasteiger partial charge in [-0.25, -0.2) is 0 Å². The maximum absolute atomic E-state index is 2.47. The highest BCUT2D eigenvalue weighted by atomic mass is 32.1. The Morgan fingerprint density at radius 3 is 1.59 bits per heavy atom. The molecule has 0 aliphatic heterocycles. The highest BCUT2D eigenvalue weighted by Crippen LogP contribution is 2.54. The molecule has 8 aromatic carbocycles. The first-order chi connectivity index (χ1) is 26.3. The first-order valence-corrected chi connectivity index (χ1v) is 19.6. The molecule has 54 heavy (non-hydrogen) atoms. The van der Waals surface area contributed by atoms with Crippen molar-refractivity contribution in [2.45, 2.75) is 40.0 Å². The topological polar surface area (TPSA) is 3.24 Å². The third-order valence-electron chi connectivity index (χ3n) is 10.6. The van der Waals surface area contributed by atoms with Gasteiger partial charge in [-0.2, -0.15) is 0 Å². The molecule has 0 amide bonds. The number of hydrogen-bond donors (Lipinski definition) is 0. The van der Waals surface area contributed by atoms with E-state index in [1.54, 1.807) is 0 Å². The van der Waals surface area contributed by atoms with Crippen LogP contribution in [0.3, 0.4) is 0 Å². The van der Waals surface area contributed by atoms with Gasteiger partial charge in [-0.05, 0) is 90.9 Å². The fourth-order valence-electron chi connectivity index (χ4n) is 7.79. The lowest BCUT2D eigenvalue weighted by molar-refractivity contribution is 0.660. The van der Waals surface area contributed by atoms with Crippen LogP contribution in [0.1, 0.15) is 41.7 Å². The average Bonchev–Trinajstić information content (AvgIpc) is 3.68. The summed E-state index contributed by atoms with van der Waals surface area (Å²) >= 11 is 1.87. The Labute approximate surface area is 323 Å². The molecule has 0 bridgehead atoms. The molecule has 1 aliphatic rings. The third kappa shape index (κ3) is 6.70. The van der Waals surface area contributed by atoms with Crippen molar-refractivity contribution in [3.63, 3.8) is 0 Å². The Morgan fingerprint density at radius 1 is 0.407 bits per heavy atom. The van der Waals surface area contributed by atoms with E-state index in [0.29, 0.717) is 0 Å². The molecule has 2 heteroatoms. The Hall–Kier alpha value is -5.96. The molecular formula is C52H45NS. The minimum atomic E-state index is -0.0919. The summed E-state index contributed by atoms with van der Waals surface area (Å²) < 4.78 is 2.66. The predicted octanol–water partition coefficient (Wildman–Crippen LogP) is 15.3. The van der Waals surface area contributed by atoms with E-state index in [4.69, 9.17) is 0 Å². The third-order valence-corrected chi connectivity index (χ3v) is 11.7. The predicted molar refractivity (Wildman–Crippen MR) is 236 cm³/mol. The van der Waals surface area contributed by atoms with Crippen molar-refractivity contribution in [2.24, 2.45) is 0 Å². The lowest BCUT2D eigenvalue weighted by Gasteiger charge is -2.30. The van der Waals surface area contributed by atoms with Gasteiger partial charge in [0.15, 0.2) is 0 Å². The van der Waals surface area contributed by atoms with Crippen molar-refractivity contribution in [3.8, 4) is 11.1 Å². The van der Waals surface area contributed by atoms with E-state index in [2.05, 4.69) is 185 Å². The molecule has 0 saturated heterocycles. The molecule has 10 rings (SSSR count). The van der Waals surface area contributed by atoms with E-state index in [1.807, 2.05) is 47.7 Å². The Morgan fingerprint density at radius 2 is 0.963 bits per heavy atom. The highest BCUT2D eigenvalue weighted by Gasteiger charge is 2.38. The summed E-state index contributed by atoms with van der Waals surface area (Å²) in [6, 6.07) is 65.4. The van der Waals surface area contributed by atoms with Crippen LogP contribution in [0.15, 0.2) is 182 Å². The summed E-state index contributed by atoms with van der Waals surface area (Å²) in [6.45, 7) is 11.1. The van der Waals surface area contributed by atoms with Gasteiger partial charge in [0.05, 0.1) is 5.69 Å². The SMILES string of the molecule is Cc1ccc2c(c1)C(C)(C)c1cc(N(c3ccccc3)c3ccc4sc5ccccc5c4c3)c3ccccc3c1-2.Cc1ccccc1.Cc1ccccc1. The first-order valence-electron chi connectivity index (χ1n) is 18.8. The summed E-state index contributed by atoms with van der Waals surface area (Å²) in [5, 5.41) is 5.22.